The quantitative estimate of drug-likeness (QED) is 0.734. The van der Waals surface area contributed by atoms with Crippen molar-refractivity contribution in [3.8, 4) is 0 Å². The van der Waals surface area contributed by atoms with Crippen LogP contribution in [0.4, 0.5) is 5.69 Å². The van der Waals surface area contributed by atoms with Crippen LogP contribution in [0.3, 0.4) is 0 Å². The number of pyridine rings is 1. The third-order valence-electron chi connectivity index (χ3n) is 5.24. The Labute approximate surface area is 165 Å². The summed E-state index contributed by atoms with van der Waals surface area (Å²) in [7, 11) is 0. The van der Waals surface area contributed by atoms with E-state index in [0.29, 0.717) is 0 Å². The molecule has 0 radical (unpaired) electrons. The van der Waals surface area contributed by atoms with Gasteiger partial charge in [-0.2, -0.15) is 0 Å². The fourth-order valence-electron chi connectivity index (χ4n) is 3.85. The second-order valence-electron chi connectivity index (χ2n) is 7.23. The Bertz CT molecular complexity index is 883. The molecular formula is C22H25ClN4. The van der Waals surface area contributed by atoms with Crippen LogP contribution in [0.2, 0.25) is 5.02 Å². The van der Waals surface area contributed by atoms with Gasteiger partial charge in [0.05, 0.1) is 5.52 Å². The zero-order valence-electron chi connectivity index (χ0n) is 15.4. The number of nitrogens with two attached hydrogens (primary N) is 1. The predicted molar refractivity (Wildman–Crippen MR) is 114 cm³/mol. The lowest BCUT2D eigenvalue weighted by Gasteiger charge is -2.37. The minimum absolute atomic E-state index is 0.138. The number of halogens is 1. The first-order chi connectivity index (χ1) is 13.2. The lowest BCUT2D eigenvalue weighted by atomic mass is 10.1. The molecule has 0 amide bonds. The van der Waals surface area contributed by atoms with Crippen LogP contribution in [-0.4, -0.2) is 48.6 Å². The van der Waals surface area contributed by atoms with Crippen LogP contribution in [0.15, 0.2) is 60.8 Å². The summed E-state index contributed by atoms with van der Waals surface area (Å²) in [6.45, 7) is 5.02. The molecule has 0 aliphatic carbocycles. The lowest BCUT2D eigenvalue weighted by Crippen LogP contribution is -2.50. The molecule has 4 nitrogen and oxygen atoms in total. The van der Waals surface area contributed by atoms with Gasteiger partial charge in [-0.1, -0.05) is 41.9 Å². The molecule has 2 heterocycles. The monoisotopic (exact) mass is 380 g/mol. The summed E-state index contributed by atoms with van der Waals surface area (Å²) in [5.74, 6) is 0. The minimum atomic E-state index is 0.138. The van der Waals surface area contributed by atoms with Crippen molar-refractivity contribution in [1.29, 1.82) is 0 Å². The number of nitrogens with zero attached hydrogens (tertiary/aromatic N) is 3. The van der Waals surface area contributed by atoms with Crippen molar-refractivity contribution >= 4 is 28.2 Å². The van der Waals surface area contributed by atoms with Gasteiger partial charge in [0.1, 0.15) is 0 Å². The van der Waals surface area contributed by atoms with Gasteiger partial charge in [-0.05, 0) is 36.2 Å². The van der Waals surface area contributed by atoms with Crippen LogP contribution < -0.4 is 10.6 Å². The molecule has 140 valence electrons. The van der Waals surface area contributed by atoms with Crippen LogP contribution in [0.5, 0.6) is 0 Å². The summed E-state index contributed by atoms with van der Waals surface area (Å²) < 4.78 is 0. The molecule has 1 atom stereocenters. The second kappa shape index (κ2) is 8.26. The van der Waals surface area contributed by atoms with Crippen LogP contribution >= 0.6 is 11.6 Å². The largest absolute Gasteiger partial charge is 0.368 e. The Hall–Kier alpha value is -2.14. The van der Waals surface area contributed by atoms with Crippen molar-refractivity contribution in [1.82, 2.24) is 9.88 Å². The molecule has 2 aromatic carbocycles. The summed E-state index contributed by atoms with van der Waals surface area (Å²) in [6.07, 6.45) is 2.79. The van der Waals surface area contributed by atoms with E-state index >= 15 is 0 Å². The van der Waals surface area contributed by atoms with Crippen LogP contribution in [0.1, 0.15) is 5.56 Å². The van der Waals surface area contributed by atoms with Crippen molar-refractivity contribution < 1.29 is 0 Å². The van der Waals surface area contributed by atoms with Crippen LogP contribution in [0, 0.1) is 0 Å². The van der Waals surface area contributed by atoms with E-state index in [0.717, 1.165) is 49.7 Å². The van der Waals surface area contributed by atoms with Gasteiger partial charge in [0, 0.05) is 61.1 Å². The minimum Gasteiger partial charge on any atom is -0.368 e. The van der Waals surface area contributed by atoms with E-state index in [-0.39, 0.29) is 6.04 Å². The number of benzene rings is 2. The number of hydrogen-bond acceptors (Lipinski definition) is 4. The van der Waals surface area contributed by atoms with E-state index in [4.69, 9.17) is 17.3 Å². The smallest absolute Gasteiger partial charge is 0.0722 e. The molecule has 0 unspecified atom stereocenters. The van der Waals surface area contributed by atoms with Gasteiger partial charge >= 0.3 is 0 Å². The van der Waals surface area contributed by atoms with Crippen molar-refractivity contribution in [2.45, 2.75) is 12.5 Å². The molecule has 0 bridgehead atoms. The Morgan fingerprint density at radius 1 is 0.963 bits per heavy atom. The van der Waals surface area contributed by atoms with Crippen LogP contribution in [-0.2, 0) is 6.42 Å². The summed E-state index contributed by atoms with van der Waals surface area (Å²) in [6, 6.07) is 18.6. The molecular weight excluding hydrogens is 356 g/mol. The average Bonchev–Trinajstić information content (AvgIpc) is 2.70. The fraction of sp³-hybridized carbons (Fsp3) is 0.318. The van der Waals surface area contributed by atoms with E-state index < -0.39 is 0 Å². The Balaban J connectivity index is 1.34. The first-order valence-electron chi connectivity index (χ1n) is 9.50. The van der Waals surface area contributed by atoms with Crippen molar-refractivity contribution in [2.24, 2.45) is 5.73 Å². The standard InChI is InChI=1S/C22H25ClN4/c23-18-7-5-17(6-8-18)15-19(24)16-26-11-13-27(14-12-26)22-9-10-25-21-4-2-1-3-20(21)22/h1-10,19H,11-16,24H2/t19-/m1/s1. The topological polar surface area (TPSA) is 45.4 Å². The highest BCUT2D eigenvalue weighted by Crippen LogP contribution is 2.26. The molecule has 27 heavy (non-hydrogen) atoms. The van der Waals surface area contributed by atoms with Crippen molar-refractivity contribution in [3.05, 3.63) is 71.4 Å². The summed E-state index contributed by atoms with van der Waals surface area (Å²) in [5, 5.41) is 2.00. The maximum atomic E-state index is 6.40. The van der Waals surface area contributed by atoms with E-state index in [1.165, 1.54) is 16.6 Å². The number of fused-ring (bicyclic) bond motifs is 1. The number of rotatable bonds is 5. The number of piperazine rings is 1. The average molecular weight is 381 g/mol. The van der Waals surface area contributed by atoms with Gasteiger partial charge < -0.3 is 10.6 Å². The van der Waals surface area contributed by atoms with E-state index in [2.05, 4.69) is 51.2 Å². The van der Waals surface area contributed by atoms with Crippen LogP contribution in [0.25, 0.3) is 10.9 Å². The lowest BCUT2D eigenvalue weighted by molar-refractivity contribution is 0.242. The molecule has 1 saturated heterocycles. The van der Waals surface area contributed by atoms with Gasteiger partial charge in [-0.3, -0.25) is 9.88 Å². The highest BCUT2D eigenvalue weighted by atomic mass is 35.5. The Kier molecular flexibility index (Phi) is 5.58. The second-order valence-corrected chi connectivity index (χ2v) is 7.66. The van der Waals surface area contributed by atoms with E-state index in [1.807, 2.05) is 24.4 Å². The fourth-order valence-corrected chi connectivity index (χ4v) is 3.97. The molecule has 0 spiro atoms. The third-order valence-corrected chi connectivity index (χ3v) is 5.49. The molecule has 3 aromatic rings. The zero-order valence-corrected chi connectivity index (χ0v) is 16.1. The number of aromatic nitrogens is 1. The van der Waals surface area contributed by atoms with Gasteiger partial charge in [0.25, 0.3) is 0 Å². The van der Waals surface area contributed by atoms with Gasteiger partial charge in [0.15, 0.2) is 0 Å². The SMILES string of the molecule is N[C@H](Cc1ccc(Cl)cc1)CN1CCN(c2ccnc3ccccc23)CC1. The molecule has 1 aliphatic rings. The predicted octanol–water partition coefficient (Wildman–Crippen LogP) is 3.58. The summed E-state index contributed by atoms with van der Waals surface area (Å²) in [5.41, 5.74) is 9.98. The number of anilines is 1. The van der Waals surface area contributed by atoms with Gasteiger partial charge in [0.2, 0.25) is 0 Å². The van der Waals surface area contributed by atoms with Gasteiger partial charge in [-0.25, -0.2) is 0 Å². The molecule has 4 rings (SSSR count). The molecule has 1 aliphatic heterocycles. The Morgan fingerprint density at radius 2 is 1.70 bits per heavy atom. The first-order valence-corrected chi connectivity index (χ1v) is 9.88. The third kappa shape index (κ3) is 4.41. The number of hydrogen-bond donors (Lipinski definition) is 1. The summed E-state index contributed by atoms with van der Waals surface area (Å²) in [4.78, 5) is 9.41. The van der Waals surface area contributed by atoms with E-state index in [1.54, 1.807) is 0 Å². The van der Waals surface area contributed by atoms with E-state index in [9.17, 15) is 0 Å². The highest BCUT2D eigenvalue weighted by molar-refractivity contribution is 6.30. The zero-order chi connectivity index (χ0) is 18.6. The maximum absolute atomic E-state index is 6.40. The Morgan fingerprint density at radius 3 is 2.48 bits per heavy atom. The number of para-hydroxylation sites is 1. The maximum Gasteiger partial charge on any atom is 0.0722 e. The molecule has 2 N–H and O–H groups in total. The van der Waals surface area contributed by atoms with Gasteiger partial charge in [-0.15, -0.1) is 0 Å². The normalized spacial score (nSPS) is 16.6. The molecule has 1 aromatic heterocycles. The molecule has 5 heteroatoms. The van der Waals surface area contributed by atoms with Crippen molar-refractivity contribution in [2.75, 3.05) is 37.6 Å². The summed E-state index contributed by atoms with van der Waals surface area (Å²) >= 11 is 5.96. The highest BCUT2D eigenvalue weighted by Gasteiger charge is 2.20. The molecule has 1 fully saturated rings. The molecule has 0 saturated carbocycles. The van der Waals surface area contributed by atoms with Crippen molar-refractivity contribution in [3.63, 3.8) is 0 Å². The first kappa shape index (κ1) is 18.2.